The van der Waals surface area contributed by atoms with E-state index in [9.17, 15) is 4.79 Å². The predicted molar refractivity (Wildman–Crippen MR) is 135 cm³/mol. The number of aryl methyl sites for hydroxylation is 1. The van der Waals surface area contributed by atoms with Crippen LogP contribution in [-0.4, -0.2) is 25.2 Å². The number of nitrogens with one attached hydrogen (secondary N) is 1. The molecule has 0 atom stereocenters. The number of nitrogens with zero attached hydrogens (tertiary/aromatic N) is 4. The molecular formula is C27H26N6O. The number of amides is 1. The van der Waals surface area contributed by atoms with Crippen LogP contribution in [0.1, 0.15) is 28.2 Å². The van der Waals surface area contributed by atoms with Gasteiger partial charge in [-0.15, -0.1) is 0 Å². The molecule has 3 aromatic heterocycles. The highest BCUT2D eigenvalue weighted by Gasteiger charge is 2.14. The number of carbonyl (C=O) groups is 1. The molecule has 0 unspecified atom stereocenters. The van der Waals surface area contributed by atoms with Gasteiger partial charge in [0.2, 0.25) is 0 Å². The van der Waals surface area contributed by atoms with Gasteiger partial charge in [-0.3, -0.25) is 9.48 Å². The van der Waals surface area contributed by atoms with Gasteiger partial charge in [0.15, 0.2) is 0 Å². The number of hydrogen-bond donors (Lipinski definition) is 2. The minimum absolute atomic E-state index is 0.181. The molecular weight excluding hydrogens is 424 g/mol. The Morgan fingerprint density at radius 1 is 1.12 bits per heavy atom. The summed E-state index contributed by atoms with van der Waals surface area (Å²) >= 11 is 0. The minimum Gasteiger partial charge on any atom is -0.383 e. The molecule has 0 saturated heterocycles. The smallest absolute Gasteiger partial charge is 0.272 e. The van der Waals surface area contributed by atoms with Crippen molar-refractivity contribution in [2.24, 2.45) is 7.05 Å². The Bertz CT molecular complexity index is 1440. The minimum atomic E-state index is -0.181. The number of carbonyl (C=O) groups excluding carboxylic acids is 1. The summed E-state index contributed by atoms with van der Waals surface area (Å²) in [5.41, 5.74) is 11.7. The Kier molecular flexibility index (Phi) is 5.82. The van der Waals surface area contributed by atoms with Crippen LogP contribution < -0.4 is 11.1 Å². The highest BCUT2D eigenvalue weighted by Crippen LogP contribution is 2.23. The third kappa shape index (κ3) is 4.41. The summed E-state index contributed by atoms with van der Waals surface area (Å²) < 4.78 is 3.85. The summed E-state index contributed by atoms with van der Waals surface area (Å²) in [6, 6.07) is 13.9. The number of pyridine rings is 1. The van der Waals surface area contributed by atoms with Gasteiger partial charge >= 0.3 is 0 Å². The van der Waals surface area contributed by atoms with Gasteiger partial charge in [0.25, 0.3) is 5.91 Å². The van der Waals surface area contributed by atoms with Crippen LogP contribution in [-0.2, 0) is 20.0 Å². The van der Waals surface area contributed by atoms with Gasteiger partial charge in [-0.25, -0.2) is 4.98 Å². The van der Waals surface area contributed by atoms with E-state index in [1.807, 2.05) is 73.9 Å². The van der Waals surface area contributed by atoms with E-state index in [2.05, 4.69) is 32.1 Å². The first-order valence-electron chi connectivity index (χ1n) is 11.2. The van der Waals surface area contributed by atoms with E-state index in [4.69, 9.17) is 5.73 Å². The molecule has 0 bridgehead atoms. The average molecular weight is 451 g/mol. The maximum absolute atomic E-state index is 12.7. The largest absolute Gasteiger partial charge is 0.383 e. The van der Waals surface area contributed by atoms with Crippen LogP contribution >= 0.6 is 0 Å². The molecule has 4 aromatic rings. The Morgan fingerprint density at radius 2 is 1.97 bits per heavy atom. The molecule has 1 aromatic carbocycles. The zero-order valence-corrected chi connectivity index (χ0v) is 19.0. The third-order valence-electron chi connectivity index (χ3n) is 6.00. The molecule has 1 aliphatic rings. The first-order valence-corrected chi connectivity index (χ1v) is 11.2. The van der Waals surface area contributed by atoms with Crippen molar-refractivity contribution in [3.8, 4) is 5.69 Å². The van der Waals surface area contributed by atoms with Crippen LogP contribution in [0.5, 0.6) is 0 Å². The zero-order chi connectivity index (χ0) is 23.5. The molecule has 5 rings (SSSR count). The third-order valence-corrected chi connectivity index (χ3v) is 6.00. The van der Waals surface area contributed by atoms with Gasteiger partial charge < -0.3 is 15.6 Å². The maximum Gasteiger partial charge on any atom is 0.272 e. The molecule has 1 aliphatic carbocycles. The van der Waals surface area contributed by atoms with E-state index in [1.54, 1.807) is 10.9 Å². The lowest BCUT2D eigenvalue weighted by Gasteiger charge is -2.08. The number of aromatic nitrogens is 4. The Balaban J connectivity index is 1.23. The van der Waals surface area contributed by atoms with Crippen LogP contribution in [0.15, 0.2) is 90.8 Å². The number of anilines is 1. The van der Waals surface area contributed by atoms with Gasteiger partial charge in [0.1, 0.15) is 11.5 Å². The molecule has 0 spiro atoms. The molecule has 0 saturated carbocycles. The number of rotatable bonds is 6. The first kappa shape index (κ1) is 21.5. The van der Waals surface area contributed by atoms with Gasteiger partial charge in [0, 0.05) is 49.2 Å². The first-order chi connectivity index (χ1) is 16.6. The SMILES string of the molecule is Cn1nc(C(=O)NCc2ccc(-n3ccc4c(N)nccc43)cc2)cc1CC1=CC=CC=CC1. The molecule has 1 amide bonds. The summed E-state index contributed by atoms with van der Waals surface area (Å²) in [5, 5.41) is 8.32. The fraction of sp³-hybridized carbons (Fsp3) is 0.148. The van der Waals surface area contributed by atoms with Crippen molar-refractivity contribution in [1.29, 1.82) is 0 Å². The van der Waals surface area contributed by atoms with Crippen molar-refractivity contribution >= 4 is 22.6 Å². The zero-order valence-electron chi connectivity index (χ0n) is 19.0. The van der Waals surface area contributed by atoms with Crippen molar-refractivity contribution in [2.45, 2.75) is 19.4 Å². The van der Waals surface area contributed by atoms with E-state index >= 15 is 0 Å². The molecule has 7 nitrogen and oxygen atoms in total. The van der Waals surface area contributed by atoms with Crippen LogP contribution in [0.4, 0.5) is 5.82 Å². The molecule has 0 radical (unpaired) electrons. The lowest BCUT2D eigenvalue weighted by molar-refractivity contribution is 0.0945. The van der Waals surface area contributed by atoms with Crippen molar-refractivity contribution < 1.29 is 4.79 Å². The normalized spacial score (nSPS) is 13.1. The molecule has 3 N–H and O–H groups in total. The number of allylic oxidation sites excluding steroid dienone is 6. The van der Waals surface area contributed by atoms with E-state index in [1.165, 1.54) is 5.57 Å². The van der Waals surface area contributed by atoms with E-state index in [-0.39, 0.29) is 5.91 Å². The molecule has 0 fully saturated rings. The lowest BCUT2D eigenvalue weighted by Crippen LogP contribution is -2.23. The Hall–Kier alpha value is -4.39. The van der Waals surface area contributed by atoms with E-state index in [0.29, 0.717) is 18.1 Å². The number of benzene rings is 1. The van der Waals surface area contributed by atoms with E-state index in [0.717, 1.165) is 40.7 Å². The number of nitrogen functional groups attached to an aromatic ring is 1. The fourth-order valence-electron chi connectivity index (χ4n) is 4.13. The maximum atomic E-state index is 12.7. The molecule has 0 aliphatic heterocycles. The fourth-order valence-corrected chi connectivity index (χ4v) is 4.13. The summed E-state index contributed by atoms with van der Waals surface area (Å²) in [5.74, 6) is 0.341. The summed E-state index contributed by atoms with van der Waals surface area (Å²) in [6.45, 7) is 0.426. The molecule has 7 heteroatoms. The molecule has 3 heterocycles. The van der Waals surface area contributed by atoms with Gasteiger partial charge in [-0.2, -0.15) is 5.10 Å². The van der Waals surface area contributed by atoms with Gasteiger partial charge in [0.05, 0.1) is 5.52 Å². The number of nitrogens with two attached hydrogens (primary N) is 1. The summed E-state index contributed by atoms with van der Waals surface area (Å²) in [6.07, 6.45) is 15.7. The molecule has 170 valence electrons. The topological polar surface area (TPSA) is 90.8 Å². The average Bonchev–Trinajstić information content (AvgIpc) is 3.34. The quantitative estimate of drug-likeness (QED) is 0.459. The second-order valence-electron chi connectivity index (χ2n) is 8.33. The van der Waals surface area contributed by atoms with Crippen molar-refractivity contribution in [2.75, 3.05) is 5.73 Å². The van der Waals surface area contributed by atoms with Crippen LogP contribution in [0, 0.1) is 0 Å². The highest BCUT2D eigenvalue weighted by molar-refractivity contribution is 5.92. The van der Waals surface area contributed by atoms with Crippen LogP contribution in [0.3, 0.4) is 0 Å². The van der Waals surface area contributed by atoms with Gasteiger partial charge in [-0.1, -0.05) is 48.1 Å². The monoisotopic (exact) mass is 450 g/mol. The van der Waals surface area contributed by atoms with Crippen molar-refractivity contribution in [3.63, 3.8) is 0 Å². The highest BCUT2D eigenvalue weighted by atomic mass is 16.1. The van der Waals surface area contributed by atoms with Gasteiger partial charge in [-0.05, 0) is 42.3 Å². The van der Waals surface area contributed by atoms with Crippen molar-refractivity contribution in [3.05, 3.63) is 108 Å². The van der Waals surface area contributed by atoms with E-state index < -0.39 is 0 Å². The predicted octanol–water partition coefficient (Wildman–Crippen LogP) is 4.26. The second kappa shape index (κ2) is 9.23. The Morgan fingerprint density at radius 3 is 2.82 bits per heavy atom. The van der Waals surface area contributed by atoms with Crippen molar-refractivity contribution in [1.82, 2.24) is 24.6 Å². The Labute approximate surface area is 197 Å². The standard InChI is InChI=1S/C27H26N6O/c1-32-22(16-19-6-4-2-3-5-7-19)17-24(31-32)27(34)30-18-20-8-10-21(11-9-20)33-15-13-23-25(33)12-14-29-26(23)28/h2-6,8-15,17H,7,16,18H2,1H3,(H2,28,29)(H,30,34). The number of fused-ring (bicyclic) bond motifs is 1. The summed E-state index contributed by atoms with van der Waals surface area (Å²) in [7, 11) is 1.88. The molecule has 34 heavy (non-hydrogen) atoms. The lowest BCUT2D eigenvalue weighted by atomic mass is 10.1. The second-order valence-corrected chi connectivity index (χ2v) is 8.33. The number of hydrogen-bond acceptors (Lipinski definition) is 4. The summed E-state index contributed by atoms with van der Waals surface area (Å²) in [4.78, 5) is 16.9. The van der Waals surface area contributed by atoms with Crippen LogP contribution in [0.2, 0.25) is 0 Å². The van der Waals surface area contributed by atoms with Crippen LogP contribution in [0.25, 0.3) is 16.6 Å².